The molecule has 1 saturated heterocycles. The third-order valence-corrected chi connectivity index (χ3v) is 2.97. The molecule has 0 amide bonds. The van der Waals surface area contributed by atoms with Crippen LogP contribution >= 0.6 is 0 Å². The quantitative estimate of drug-likeness (QED) is 0.729. The highest BCUT2D eigenvalue weighted by atomic mass is 16.1. The summed E-state index contributed by atoms with van der Waals surface area (Å²) in [6, 6.07) is 8.24. The largest absolute Gasteiger partial charge is 0.300 e. The van der Waals surface area contributed by atoms with Gasteiger partial charge in [-0.2, -0.15) is 0 Å². The third-order valence-electron chi connectivity index (χ3n) is 2.97. The Balaban J connectivity index is 2.40. The number of Topliss-reactive ketones (excluding diaryl/α,β-unsaturated/α-hetero) is 1. The Kier molecular flexibility index (Phi) is 2.16. The standard InChI is InChI=1S/C12H15NO/c1-9-5-3-4-6-11(9)12(2)7-10(14)8-13-12/h3-6,13H,7-8H2,1-2H3. The van der Waals surface area contributed by atoms with Crippen LogP contribution in [-0.4, -0.2) is 12.3 Å². The van der Waals surface area contributed by atoms with Crippen LogP contribution in [0.2, 0.25) is 0 Å². The van der Waals surface area contributed by atoms with Crippen molar-refractivity contribution in [1.82, 2.24) is 5.32 Å². The third kappa shape index (κ3) is 1.46. The summed E-state index contributed by atoms with van der Waals surface area (Å²) in [7, 11) is 0. The van der Waals surface area contributed by atoms with Crippen LogP contribution in [0.25, 0.3) is 0 Å². The molecule has 1 fully saturated rings. The van der Waals surface area contributed by atoms with Crippen molar-refractivity contribution in [2.75, 3.05) is 6.54 Å². The van der Waals surface area contributed by atoms with Crippen molar-refractivity contribution in [2.24, 2.45) is 0 Å². The number of carbonyl (C=O) groups is 1. The van der Waals surface area contributed by atoms with E-state index >= 15 is 0 Å². The minimum Gasteiger partial charge on any atom is -0.300 e. The van der Waals surface area contributed by atoms with E-state index in [1.165, 1.54) is 11.1 Å². The van der Waals surface area contributed by atoms with Gasteiger partial charge in [0.25, 0.3) is 0 Å². The van der Waals surface area contributed by atoms with E-state index in [2.05, 4.69) is 31.3 Å². The number of nitrogens with one attached hydrogen (secondary N) is 1. The molecule has 1 heterocycles. The van der Waals surface area contributed by atoms with Gasteiger partial charge in [-0.1, -0.05) is 24.3 Å². The Morgan fingerprint density at radius 3 is 2.64 bits per heavy atom. The molecule has 1 aliphatic heterocycles. The second-order valence-corrected chi connectivity index (χ2v) is 4.22. The molecular formula is C12H15NO. The summed E-state index contributed by atoms with van der Waals surface area (Å²) in [6.45, 7) is 4.69. The van der Waals surface area contributed by atoms with Crippen molar-refractivity contribution >= 4 is 5.78 Å². The van der Waals surface area contributed by atoms with E-state index in [-0.39, 0.29) is 5.54 Å². The highest BCUT2D eigenvalue weighted by molar-refractivity contribution is 5.84. The Hall–Kier alpha value is -1.15. The van der Waals surface area contributed by atoms with Crippen LogP contribution in [0.5, 0.6) is 0 Å². The summed E-state index contributed by atoms with van der Waals surface area (Å²) in [5.74, 6) is 0.302. The van der Waals surface area contributed by atoms with Crippen LogP contribution in [0.15, 0.2) is 24.3 Å². The zero-order valence-corrected chi connectivity index (χ0v) is 8.63. The zero-order chi connectivity index (χ0) is 10.2. The Morgan fingerprint density at radius 2 is 2.07 bits per heavy atom. The number of carbonyl (C=O) groups excluding carboxylic acids is 1. The Morgan fingerprint density at radius 1 is 1.36 bits per heavy atom. The lowest BCUT2D eigenvalue weighted by atomic mass is 9.87. The molecule has 1 aromatic rings. The second-order valence-electron chi connectivity index (χ2n) is 4.22. The van der Waals surface area contributed by atoms with Gasteiger partial charge in [0.15, 0.2) is 0 Å². The van der Waals surface area contributed by atoms with Gasteiger partial charge >= 0.3 is 0 Å². The van der Waals surface area contributed by atoms with E-state index in [1.54, 1.807) is 0 Å². The monoisotopic (exact) mass is 189 g/mol. The van der Waals surface area contributed by atoms with Crippen LogP contribution in [0, 0.1) is 6.92 Å². The van der Waals surface area contributed by atoms with Crippen molar-refractivity contribution in [2.45, 2.75) is 25.8 Å². The number of hydrogen-bond donors (Lipinski definition) is 1. The average molecular weight is 189 g/mol. The number of aryl methyl sites for hydroxylation is 1. The van der Waals surface area contributed by atoms with Gasteiger partial charge in [0.05, 0.1) is 6.54 Å². The van der Waals surface area contributed by atoms with Crippen molar-refractivity contribution < 1.29 is 4.79 Å². The van der Waals surface area contributed by atoms with E-state index in [1.807, 2.05) is 12.1 Å². The van der Waals surface area contributed by atoms with Crippen LogP contribution in [0.4, 0.5) is 0 Å². The van der Waals surface area contributed by atoms with E-state index in [0.29, 0.717) is 18.7 Å². The van der Waals surface area contributed by atoms with Gasteiger partial charge < -0.3 is 5.32 Å². The molecule has 1 N–H and O–H groups in total. The lowest BCUT2D eigenvalue weighted by Gasteiger charge is -2.25. The van der Waals surface area contributed by atoms with Gasteiger partial charge in [0, 0.05) is 12.0 Å². The SMILES string of the molecule is Cc1ccccc1C1(C)CC(=O)CN1. The number of rotatable bonds is 1. The van der Waals surface area contributed by atoms with Crippen molar-refractivity contribution in [1.29, 1.82) is 0 Å². The van der Waals surface area contributed by atoms with E-state index in [4.69, 9.17) is 0 Å². The van der Waals surface area contributed by atoms with Crippen LogP contribution < -0.4 is 5.32 Å². The number of benzene rings is 1. The van der Waals surface area contributed by atoms with E-state index in [9.17, 15) is 4.79 Å². The maximum Gasteiger partial charge on any atom is 0.148 e. The molecule has 74 valence electrons. The summed E-state index contributed by atoms with van der Waals surface area (Å²) in [5.41, 5.74) is 2.34. The van der Waals surface area contributed by atoms with E-state index < -0.39 is 0 Å². The lowest BCUT2D eigenvalue weighted by molar-refractivity contribution is -0.116. The first-order valence-electron chi connectivity index (χ1n) is 4.95. The Labute approximate surface area is 84.3 Å². The first-order chi connectivity index (χ1) is 6.62. The summed E-state index contributed by atoms with van der Waals surface area (Å²) < 4.78 is 0. The molecule has 1 atom stereocenters. The van der Waals surface area contributed by atoms with Gasteiger partial charge in [-0.3, -0.25) is 4.79 Å². The molecule has 2 heteroatoms. The first kappa shape index (κ1) is 9.41. The molecule has 1 aromatic carbocycles. The molecule has 2 rings (SSSR count). The molecular weight excluding hydrogens is 174 g/mol. The number of ketones is 1. The van der Waals surface area contributed by atoms with Gasteiger partial charge in [0.2, 0.25) is 0 Å². The second kappa shape index (κ2) is 3.21. The van der Waals surface area contributed by atoms with Crippen LogP contribution in [-0.2, 0) is 10.3 Å². The molecule has 14 heavy (non-hydrogen) atoms. The molecule has 1 unspecified atom stereocenters. The van der Waals surface area contributed by atoms with Gasteiger partial charge in [-0.25, -0.2) is 0 Å². The van der Waals surface area contributed by atoms with Crippen molar-refractivity contribution in [3.63, 3.8) is 0 Å². The van der Waals surface area contributed by atoms with Gasteiger partial charge in [0.1, 0.15) is 5.78 Å². The topological polar surface area (TPSA) is 29.1 Å². The minimum atomic E-state index is -0.150. The molecule has 0 spiro atoms. The predicted octanol–water partition coefficient (Wildman–Crippen LogP) is 1.77. The molecule has 2 nitrogen and oxygen atoms in total. The van der Waals surface area contributed by atoms with Crippen LogP contribution in [0.1, 0.15) is 24.5 Å². The lowest BCUT2D eigenvalue weighted by Crippen LogP contribution is -2.33. The van der Waals surface area contributed by atoms with Crippen LogP contribution in [0.3, 0.4) is 0 Å². The average Bonchev–Trinajstić information content (AvgIpc) is 2.48. The number of hydrogen-bond acceptors (Lipinski definition) is 2. The van der Waals surface area contributed by atoms with Crippen molar-refractivity contribution in [3.05, 3.63) is 35.4 Å². The summed E-state index contributed by atoms with van der Waals surface area (Å²) in [5, 5.41) is 3.29. The zero-order valence-electron chi connectivity index (χ0n) is 8.63. The molecule has 0 aromatic heterocycles. The Bertz CT molecular complexity index is 372. The fourth-order valence-electron chi connectivity index (χ4n) is 2.20. The maximum absolute atomic E-state index is 11.3. The fraction of sp³-hybridized carbons (Fsp3) is 0.417. The fourth-order valence-corrected chi connectivity index (χ4v) is 2.20. The van der Waals surface area contributed by atoms with Crippen molar-refractivity contribution in [3.8, 4) is 0 Å². The summed E-state index contributed by atoms with van der Waals surface area (Å²) in [4.78, 5) is 11.3. The van der Waals surface area contributed by atoms with E-state index in [0.717, 1.165) is 0 Å². The summed E-state index contributed by atoms with van der Waals surface area (Å²) in [6.07, 6.45) is 0.609. The highest BCUT2D eigenvalue weighted by Crippen LogP contribution is 2.30. The normalized spacial score (nSPS) is 26.9. The maximum atomic E-state index is 11.3. The smallest absolute Gasteiger partial charge is 0.148 e. The molecule has 0 saturated carbocycles. The van der Waals surface area contributed by atoms with Gasteiger partial charge in [-0.05, 0) is 25.0 Å². The minimum absolute atomic E-state index is 0.150. The molecule has 0 bridgehead atoms. The predicted molar refractivity (Wildman–Crippen MR) is 56.2 cm³/mol. The first-order valence-corrected chi connectivity index (χ1v) is 4.95. The molecule has 1 aliphatic rings. The molecule has 0 aliphatic carbocycles. The van der Waals surface area contributed by atoms with Gasteiger partial charge in [-0.15, -0.1) is 0 Å². The summed E-state index contributed by atoms with van der Waals surface area (Å²) >= 11 is 0. The molecule has 0 radical (unpaired) electrons. The highest BCUT2D eigenvalue weighted by Gasteiger charge is 2.35.